The summed E-state index contributed by atoms with van der Waals surface area (Å²) >= 11 is 12.2. The SMILES string of the molecule is Clc1ccc2nc(-c3cn(Cl)c4ccccc34)ccc2c1. The van der Waals surface area contributed by atoms with Crippen LogP contribution in [0.4, 0.5) is 0 Å². The van der Waals surface area contributed by atoms with E-state index in [2.05, 4.69) is 6.07 Å². The summed E-state index contributed by atoms with van der Waals surface area (Å²) in [5.41, 5.74) is 3.83. The fraction of sp³-hybridized carbons (Fsp3) is 0. The average molecular weight is 313 g/mol. The molecule has 4 heteroatoms. The number of nitrogens with zero attached hydrogens (tertiary/aromatic N) is 2. The minimum Gasteiger partial charge on any atom is -0.260 e. The van der Waals surface area contributed by atoms with Gasteiger partial charge in [0.1, 0.15) is 0 Å². The predicted molar refractivity (Wildman–Crippen MR) is 88.9 cm³/mol. The lowest BCUT2D eigenvalue weighted by molar-refractivity contribution is 1.31. The van der Waals surface area contributed by atoms with E-state index >= 15 is 0 Å². The number of aromatic nitrogens is 2. The standard InChI is InChI=1S/C17H10Cl2N2/c18-12-6-8-15-11(9-12)5-7-16(20-15)14-10-21(19)17-4-2-1-3-13(14)17/h1-10H. The van der Waals surface area contributed by atoms with Crippen molar-refractivity contribution >= 4 is 45.2 Å². The van der Waals surface area contributed by atoms with Crippen molar-refractivity contribution in [3.8, 4) is 11.3 Å². The Balaban J connectivity index is 1.98. The Morgan fingerprint density at radius 1 is 0.952 bits per heavy atom. The predicted octanol–water partition coefficient (Wildman–Crippen LogP) is 5.51. The third-order valence-electron chi connectivity index (χ3n) is 3.59. The number of rotatable bonds is 1. The molecule has 4 rings (SSSR count). The summed E-state index contributed by atoms with van der Waals surface area (Å²) in [6.45, 7) is 0. The lowest BCUT2D eigenvalue weighted by Crippen LogP contribution is -1.84. The van der Waals surface area contributed by atoms with E-state index in [1.807, 2.05) is 54.7 Å². The Hall–Kier alpha value is -2.03. The molecule has 0 amide bonds. The van der Waals surface area contributed by atoms with E-state index in [-0.39, 0.29) is 0 Å². The van der Waals surface area contributed by atoms with E-state index < -0.39 is 0 Å². The molecular weight excluding hydrogens is 303 g/mol. The zero-order valence-electron chi connectivity index (χ0n) is 10.9. The van der Waals surface area contributed by atoms with E-state index in [0.717, 1.165) is 38.1 Å². The van der Waals surface area contributed by atoms with Crippen molar-refractivity contribution < 1.29 is 0 Å². The molecule has 0 aliphatic rings. The first-order chi connectivity index (χ1) is 10.2. The number of para-hydroxylation sites is 1. The molecule has 0 aliphatic carbocycles. The highest BCUT2D eigenvalue weighted by atomic mass is 35.5. The highest BCUT2D eigenvalue weighted by Crippen LogP contribution is 2.31. The number of hydrogen-bond donors (Lipinski definition) is 0. The van der Waals surface area contributed by atoms with E-state index in [4.69, 9.17) is 28.4 Å². The van der Waals surface area contributed by atoms with Crippen molar-refractivity contribution in [1.82, 2.24) is 9.07 Å². The molecule has 0 fully saturated rings. The molecule has 0 aliphatic heterocycles. The molecule has 102 valence electrons. The molecular formula is C17H10Cl2N2. The van der Waals surface area contributed by atoms with Gasteiger partial charge in [0.2, 0.25) is 0 Å². The van der Waals surface area contributed by atoms with Crippen molar-refractivity contribution in [3.63, 3.8) is 0 Å². The maximum Gasteiger partial charge on any atom is 0.0731 e. The summed E-state index contributed by atoms with van der Waals surface area (Å²) in [7, 11) is 0. The Morgan fingerprint density at radius 3 is 2.71 bits per heavy atom. The van der Waals surface area contributed by atoms with Crippen LogP contribution in [0.1, 0.15) is 0 Å². The number of benzene rings is 2. The molecule has 0 radical (unpaired) electrons. The average Bonchev–Trinajstić information content (AvgIpc) is 2.84. The van der Waals surface area contributed by atoms with E-state index in [9.17, 15) is 0 Å². The third-order valence-corrected chi connectivity index (χ3v) is 4.11. The Labute approximate surface area is 131 Å². The first kappa shape index (κ1) is 12.7. The van der Waals surface area contributed by atoms with Crippen LogP contribution in [-0.4, -0.2) is 9.07 Å². The van der Waals surface area contributed by atoms with Gasteiger partial charge in [-0.25, -0.2) is 4.98 Å². The summed E-state index contributed by atoms with van der Waals surface area (Å²) < 4.78 is 1.61. The van der Waals surface area contributed by atoms with Crippen LogP contribution < -0.4 is 0 Å². The first-order valence-electron chi connectivity index (χ1n) is 6.55. The smallest absolute Gasteiger partial charge is 0.0731 e. The molecule has 0 bridgehead atoms. The number of hydrogen-bond acceptors (Lipinski definition) is 1. The van der Waals surface area contributed by atoms with Crippen LogP contribution >= 0.6 is 23.4 Å². The van der Waals surface area contributed by atoms with Gasteiger partial charge in [0.15, 0.2) is 0 Å². The molecule has 0 saturated carbocycles. The van der Waals surface area contributed by atoms with E-state index in [1.165, 1.54) is 0 Å². The zero-order valence-corrected chi connectivity index (χ0v) is 12.4. The number of pyridine rings is 1. The molecule has 0 saturated heterocycles. The lowest BCUT2D eigenvalue weighted by atomic mass is 10.1. The molecule has 0 atom stereocenters. The molecule has 2 nitrogen and oxygen atoms in total. The Kier molecular flexibility index (Phi) is 2.88. The largest absolute Gasteiger partial charge is 0.260 e. The molecule has 4 aromatic rings. The van der Waals surface area contributed by atoms with Crippen molar-refractivity contribution in [1.29, 1.82) is 0 Å². The summed E-state index contributed by atoms with van der Waals surface area (Å²) in [5.74, 6) is 0. The monoisotopic (exact) mass is 312 g/mol. The van der Waals surface area contributed by atoms with Gasteiger partial charge in [0.05, 0.1) is 16.7 Å². The van der Waals surface area contributed by atoms with Gasteiger partial charge in [-0.05, 0) is 30.3 Å². The van der Waals surface area contributed by atoms with Crippen LogP contribution in [0.5, 0.6) is 0 Å². The van der Waals surface area contributed by atoms with Crippen LogP contribution in [0.2, 0.25) is 5.02 Å². The van der Waals surface area contributed by atoms with Gasteiger partial charge >= 0.3 is 0 Å². The topological polar surface area (TPSA) is 17.8 Å². The molecule has 2 aromatic heterocycles. The maximum atomic E-state index is 6.24. The second-order valence-corrected chi connectivity index (χ2v) is 5.71. The summed E-state index contributed by atoms with van der Waals surface area (Å²) in [5, 5.41) is 2.84. The summed E-state index contributed by atoms with van der Waals surface area (Å²) in [6.07, 6.45) is 1.90. The molecule has 0 N–H and O–H groups in total. The Bertz CT molecular complexity index is 973. The van der Waals surface area contributed by atoms with E-state index in [0.29, 0.717) is 0 Å². The van der Waals surface area contributed by atoms with Gasteiger partial charge in [-0.3, -0.25) is 4.09 Å². The second kappa shape index (κ2) is 4.76. The van der Waals surface area contributed by atoms with Gasteiger partial charge in [-0.2, -0.15) is 0 Å². The fourth-order valence-corrected chi connectivity index (χ4v) is 3.02. The lowest BCUT2D eigenvalue weighted by Gasteiger charge is -2.02. The molecule has 0 unspecified atom stereocenters. The van der Waals surface area contributed by atoms with Crippen molar-refractivity contribution in [2.24, 2.45) is 0 Å². The van der Waals surface area contributed by atoms with Gasteiger partial charge in [0.25, 0.3) is 0 Å². The molecule has 2 heterocycles. The summed E-state index contributed by atoms with van der Waals surface area (Å²) in [4.78, 5) is 4.72. The maximum absolute atomic E-state index is 6.24. The quantitative estimate of drug-likeness (QED) is 0.453. The minimum atomic E-state index is 0.717. The highest BCUT2D eigenvalue weighted by Gasteiger charge is 2.10. The number of fused-ring (bicyclic) bond motifs is 2. The zero-order chi connectivity index (χ0) is 14.4. The van der Waals surface area contributed by atoms with Crippen LogP contribution in [0.25, 0.3) is 33.1 Å². The van der Waals surface area contributed by atoms with Crippen molar-refractivity contribution in [3.05, 3.63) is 65.8 Å². The van der Waals surface area contributed by atoms with Gasteiger partial charge in [-0.1, -0.05) is 35.9 Å². The van der Waals surface area contributed by atoms with Crippen LogP contribution in [0.3, 0.4) is 0 Å². The van der Waals surface area contributed by atoms with Crippen LogP contribution in [0, 0.1) is 0 Å². The molecule has 0 spiro atoms. The Morgan fingerprint density at radius 2 is 1.81 bits per heavy atom. The van der Waals surface area contributed by atoms with Gasteiger partial charge in [-0.15, -0.1) is 0 Å². The van der Waals surface area contributed by atoms with Gasteiger partial charge in [0, 0.05) is 39.3 Å². The fourth-order valence-electron chi connectivity index (χ4n) is 2.59. The minimum absolute atomic E-state index is 0.717. The van der Waals surface area contributed by atoms with E-state index in [1.54, 1.807) is 4.09 Å². The van der Waals surface area contributed by atoms with Crippen molar-refractivity contribution in [2.45, 2.75) is 0 Å². The summed E-state index contributed by atoms with van der Waals surface area (Å²) in [6, 6.07) is 17.8. The normalized spacial score (nSPS) is 11.3. The highest BCUT2D eigenvalue weighted by molar-refractivity contribution is 6.31. The number of halogens is 2. The van der Waals surface area contributed by atoms with Gasteiger partial charge < -0.3 is 0 Å². The van der Waals surface area contributed by atoms with Crippen LogP contribution in [0.15, 0.2) is 60.8 Å². The first-order valence-corrected chi connectivity index (χ1v) is 7.27. The van der Waals surface area contributed by atoms with Crippen LogP contribution in [-0.2, 0) is 0 Å². The third kappa shape index (κ3) is 2.08. The van der Waals surface area contributed by atoms with Crippen molar-refractivity contribution in [2.75, 3.05) is 0 Å². The molecule has 21 heavy (non-hydrogen) atoms. The second-order valence-electron chi connectivity index (χ2n) is 4.90. The molecule has 2 aromatic carbocycles.